The van der Waals surface area contributed by atoms with Crippen LogP contribution in [0.4, 0.5) is 0 Å². The molecule has 0 amide bonds. The Hall–Kier alpha value is -1.35. The predicted molar refractivity (Wildman–Crippen MR) is 60.6 cm³/mol. The van der Waals surface area contributed by atoms with Crippen molar-refractivity contribution in [2.24, 2.45) is 18.7 Å². The van der Waals surface area contributed by atoms with E-state index in [0.717, 1.165) is 12.1 Å². The molecule has 1 heterocycles. The maximum Gasteiger partial charge on any atom is 0.0955 e. The Morgan fingerprint density at radius 1 is 1.53 bits per heavy atom. The summed E-state index contributed by atoms with van der Waals surface area (Å²) >= 11 is 0. The first-order valence-corrected chi connectivity index (χ1v) is 5.40. The highest BCUT2D eigenvalue weighted by atomic mass is 15.0. The van der Waals surface area contributed by atoms with Gasteiger partial charge in [-0.2, -0.15) is 0 Å². The van der Waals surface area contributed by atoms with Gasteiger partial charge >= 0.3 is 0 Å². The van der Waals surface area contributed by atoms with E-state index in [-0.39, 0.29) is 0 Å². The lowest BCUT2D eigenvalue weighted by molar-refractivity contribution is 0.810. The lowest BCUT2D eigenvalue weighted by Gasteiger charge is -2.00. The van der Waals surface area contributed by atoms with Gasteiger partial charge in [-0.15, -0.1) is 0 Å². The maximum absolute atomic E-state index is 5.66. The number of nitrogens with zero attached hydrogens (tertiary/aromatic N) is 2. The number of fused-ring (bicyclic) bond motifs is 1. The van der Waals surface area contributed by atoms with Crippen molar-refractivity contribution in [2.75, 3.05) is 6.54 Å². The first-order valence-electron chi connectivity index (χ1n) is 5.40. The molecule has 0 bridgehead atoms. The molecular weight excluding hydrogens is 186 g/mol. The van der Waals surface area contributed by atoms with Crippen LogP contribution in [0, 0.1) is 5.92 Å². The number of nitrogens with two attached hydrogens (primary N) is 1. The number of hydrogen-bond acceptors (Lipinski definition) is 2. The molecule has 0 radical (unpaired) electrons. The minimum absolute atomic E-state index is 0.682. The second kappa shape index (κ2) is 3.07. The number of hydrogen-bond donors (Lipinski definition) is 1. The van der Waals surface area contributed by atoms with E-state index in [1.807, 2.05) is 17.9 Å². The molecule has 3 rings (SSSR count). The minimum atomic E-state index is 0.682. The van der Waals surface area contributed by atoms with Crippen molar-refractivity contribution in [3.05, 3.63) is 30.1 Å². The molecule has 0 spiro atoms. The maximum atomic E-state index is 5.66. The Kier molecular flexibility index (Phi) is 1.83. The molecule has 78 valence electrons. The molecule has 1 aromatic carbocycles. The summed E-state index contributed by atoms with van der Waals surface area (Å²) in [6, 6.07) is 6.57. The van der Waals surface area contributed by atoms with Crippen molar-refractivity contribution < 1.29 is 0 Å². The largest absolute Gasteiger partial charge is 0.334 e. The minimum Gasteiger partial charge on any atom is -0.334 e. The van der Waals surface area contributed by atoms with Crippen LogP contribution < -0.4 is 5.73 Å². The first kappa shape index (κ1) is 8.92. The summed E-state index contributed by atoms with van der Waals surface area (Å²) in [5.41, 5.74) is 9.35. The molecule has 2 atom stereocenters. The molecule has 1 saturated carbocycles. The van der Waals surface area contributed by atoms with Gasteiger partial charge in [0.25, 0.3) is 0 Å². The van der Waals surface area contributed by atoms with E-state index in [9.17, 15) is 0 Å². The normalized spacial score (nSPS) is 24.7. The summed E-state index contributed by atoms with van der Waals surface area (Å²) in [5.74, 6) is 1.38. The zero-order chi connectivity index (χ0) is 10.4. The molecule has 1 aliphatic rings. The lowest BCUT2D eigenvalue weighted by Crippen LogP contribution is -2.01. The third kappa shape index (κ3) is 1.35. The Balaban J connectivity index is 2.00. The van der Waals surface area contributed by atoms with Crippen molar-refractivity contribution >= 4 is 11.0 Å². The number of aryl methyl sites for hydroxylation is 1. The van der Waals surface area contributed by atoms with Gasteiger partial charge in [0.2, 0.25) is 0 Å². The second-order valence-electron chi connectivity index (χ2n) is 4.44. The van der Waals surface area contributed by atoms with Crippen LogP contribution in [-0.2, 0) is 7.05 Å². The number of rotatable bonds is 2. The molecule has 2 aromatic rings. The average Bonchev–Trinajstić information content (AvgIpc) is 2.97. The van der Waals surface area contributed by atoms with Crippen LogP contribution in [0.25, 0.3) is 11.0 Å². The van der Waals surface area contributed by atoms with Crippen LogP contribution in [0.3, 0.4) is 0 Å². The van der Waals surface area contributed by atoms with Crippen molar-refractivity contribution in [3.63, 3.8) is 0 Å². The van der Waals surface area contributed by atoms with Crippen LogP contribution in [-0.4, -0.2) is 16.1 Å². The van der Waals surface area contributed by atoms with Crippen LogP contribution in [0.2, 0.25) is 0 Å². The van der Waals surface area contributed by atoms with Gasteiger partial charge in [-0.05, 0) is 42.5 Å². The molecule has 3 nitrogen and oxygen atoms in total. The van der Waals surface area contributed by atoms with Crippen LogP contribution in [0.1, 0.15) is 17.9 Å². The Morgan fingerprint density at radius 2 is 2.40 bits per heavy atom. The smallest absolute Gasteiger partial charge is 0.0955 e. The van der Waals surface area contributed by atoms with Gasteiger partial charge in [0.1, 0.15) is 0 Å². The molecule has 0 saturated heterocycles. The van der Waals surface area contributed by atoms with Gasteiger partial charge in [-0.25, -0.2) is 4.98 Å². The van der Waals surface area contributed by atoms with Gasteiger partial charge < -0.3 is 10.3 Å². The fourth-order valence-electron chi connectivity index (χ4n) is 2.30. The molecule has 0 aliphatic heterocycles. The van der Waals surface area contributed by atoms with Crippen molar-refractivity contribution in [2.45, 2.75) is 12.3 Å². The third-order valence-electron chi connectivity index (χ3n) is 3.40. The molecule has 1 aromatic heterocycles. The molecule has 2 unspecified atom stereocenters. The quantitative estimate of drug-likeness (QED) is 0.802. The van der Waals surface area contributed by atoms with E-state index >= 15 is 0 Å². The second-order valence-corrected chi connectivity index (χ2v) is 4.44. The Labute approximate surface area is 88.9 Å². The van der Waals surface area contributed by atoms with Gasteiger partial charge in [0, 0.05) is 7.05 Å². The summed E-state index contributed by atoms with van der Waals surface area (Å²) in [5, 5.41) is 0. The average molecular weight is 201 g/mol. The van der Waals surface area contributed by atoms with E-state index in [4.69, 9.17) is 5.73 Å². The fraction of sp³-hybridized carbons (Fsp3) is 0.417. The summed E-state index contributed by atoms with van der Waals surface area (Å²) in [7, 11) is 2.02. The van der Waals surface area contributed by atoms with Crippen LogP contribution >= 0.6 is 0 Å². The summed E-state index contributed by atoms with van der Waals surface area (Å²) < 4.78 is 2.05. The standard InChI is InChI=1S/C12H15N3/c1-15-7-14-11-5-8(2-3-12(11)15)10-4-9(10)6-13/h2-3,5,7,9-10H,4,6,13H2,1H3. The monoisotopic (exact) mass is 201 g/mol. The molecule has 1 aliphatic carbocycles. The Bertz CT molecular complexity index is 501. The number of aromatic nitrogens is 2. The zero-order valence-corrected chi connectivity index (χ0v) is 8.85. The molecule has 2 N–H and O–H groups in total. The van der Waals surface area contributed by atoms with Crippen molar-refractivity contribution in [3.8, 4) is 0 Å². The SMILES string of the molecule is Cn1cnc2cc(C3CC3CN)ccc21. The zero-order valence-electron chi connectivity index (χ0n) is 8.85. The third-order valence-corrected chi connectivity index (χ3v) is 3.40. The van der Waals surface area contributed by atoms with E-state index in [2.05, 4.69) is 23.2 Å². The van der Waals surface area contributed by atoms with Crippen molar-refractivity contribution in [1.29, 1.82) is 0 Å². The summed E-state index contributed by atoms with van der Waals surface area (Å²) in [4.78, 5) is 4.37. The molecule has 3 heteroatoms. The van der Waals surface area contributed by atoms with E-state index in [0.29, 0.717) is 11.8 Å². The van der Waals surface area contributed by atoms with Gasteiger partial charge in [-0.3, -0.25) is 0 Å². The van der Waals surface area contributed by atoms with E-state index in [1.54, 1.807) is 0 Å². The van der Waals surface area contributed by atoms with E-state index < -0.39 is 0 Å². The topological polar surface area (TPSA) is 43.8 Å². The molecule has 1 fully saturated rings. The highest BCUT2D eigenvalue weighted by Gasteiger charge is 2.36. The fourth-order valence-corrected chi connectivity index (χ4v) is 2.30. The lowest BCUT2D eigenvalue weighted by atomic mass is 10.1. The molecular formula is C12H15N3. The van der Waals surface area contributed by atoms with Crippen LogP contribution in [0.15, 0.2) is 24.5 Å². The highest BCUT2D eigenvalue weighted by Crippen LogP contribution is 2.46. The molecule has 15 heavy (non-hydrogen) atoms. The first-order chi connectivity index (χ1) is 7.29. The summed E-state index contributed by atoms with van der Waals surface area (Å²) in [6.07, 6.45) is 3.11. The summed E-state index contributed by atoms with van der Waals surface area (Å²) in [6.45, 7) is 0.810. The van der Waals surface area contributed by atoms with Crippen LogP contribution in [0.5, 0.6) is 0 Å². The Morgan fingerprint density at radius 3 is 3.13 bits per heavy atom. The van der Waals surface area contributed by atoms with Gasteiger partial charge in [0.05, 0.1) is 17.4 Å². The predicted octanol–water partition coefficient (Wildman–Crippen LogP) is 1.64. The van der Waals surface area contributed by atoms with Crippen molar-refractivity contribution in [1.82, 2.24) is 9.55 Å². The highest BCUT2D eigenvalue weighted by molar-refractivity contribution is 5.76. The number of benzene rings is 1. The van der Waals surface area contributed by atoms with Gasteiger partial charge in [0.15, 0.2) is 0 Å². The number of imidazole rings is 1. The van der Waals surface area contributed by atoms with E-state index in [1.165, 1.54) is 17.5 Å². The van der Waals surface area contributed by atoms with Gasteiger partial charge in [-0.1, -0.05) is 6.07 Å².